The Bertz CT molecular complexity index is 341. The Balaban J connectivity index is 2.94. The van der Waals surface area contributed by atoms with Gasteiger partial charge in [-0.15, -0.1) is 23.4 Å². The molecule has 1 aromatic carbocycles. The summed E-state index contributed by atoms with van der Waals surface area (Å²) < 4.78 is 1.02. The number of carbonyl (C=O) groups is 1. The number of benzene rings is 1. The Labute approximate surface area is 101 Å². The molecule has 0 atom stereocenters. The number of hydrogen-bond acceptors (Lipinski definition) is 2. The van der Waals surface area contributed by atoms with E-state index in [1.807, 2.05) is 24.5 Å². The molecular formula is C10H10BrClOS. The van der Waals surface area contributed by atoms with Crippen LogP contribution in [0.2, 0.25) is 0 Å². The lowest BCUT2D eigenvalue weighted by Crippen LogP contribution is -1.99. The molecule has 0 unspecified atom stereocenters. The third-order valence-corrected chi connectivity index (χ3v) is 3.72. The lowest BCUT2D eigenvalue weighted by atomic mass is 10.1. The first-order chi connectivity index (χ1) is 6.69. The molecule has 0 bridgehead atoms. The number of halogens is 2. The summed E-state index contributed by atoms with van der Waals surface area (Å²) in [7, 11) is 0. The quantitative estimate of drug-likeness (QED) is 0.474. The van der Waals surface area contributed by atoms with E-state index >= 15 is 0 Å². The number of hydrogen-bond donors (Lipinski definition) is 0. The van der Waals surface area contributed by atoms with Crippen molar-refractivity contribution in [3.05, 3.63) is 28.2 Å². The third-order valence-electron chi connectivity index (χ3n) is 1.79. The van der Waals surface area contributed by atoms with Gasteiger partial charge in [-0.3, -0.25) is 4.79 Å². The minimum Gasteiger partial charge on any atom is -0.294 e. The molecule has 0 aliphatic heterocycles. The summed E-state index contributed by atoms with van der Waals surface area (Å²) in [4.78, 5) is 12.6. The molecule has 4 heteroatoms. The lowest BCUT2D eigenvalue weighted by molar-refractivity contribution is 0.0989. The molecule has 0 aliphatic rings. The molecule has 14 heavy (non-hydrogen) atoms. The van der Waals surface area contributed by atoms with E-state index in [0.29, 0.717) is 12.3 Å². The van der Waals surface area contributed by atoms with Crippen molar-refractivity contribution in [3.63, 3.8) is 0 Å². The monoisotopic (exact) mass is 292 g/mol. The van der Waals surface area contributed by atoms with Crippen molar-refractivity contribution >= 4 is 45.1 Å². The van der Waals surface area contributed by atoms with Crippen LogP contribution in [0.1, 0.15) is 16.8 Å². The Kier molecular flexibility index (Phi) is 4.99. The largest absolute Gasteiger partial charge is 0.294 e. The minimum atomic E-state index is 0.0998. The second kappa shape index (κ2) is 5.79. The molecule has 1 nitrogen and oxygen atoms in total. The highest BCUT2D eigenvalue weighted by Gasteiger charge is 2.07. The van der Waals surface area contributed by atoms with Gasteiger partial charge in [-0.1, -0.05) is 6.07 Å². The first kappa shape index (κ1) is 12.1. The second-order valence-corrected chi connectivity index (χ2v) is 4.79. The molecule has 0 fully saturated rings. The maximum Gasteiger partial charge on any atom is 0.164 e. The Morgan fingerprint density at radius 3 is 2.86 bits per heavy atom. The summed E-state index contributed by atoms with van der Waals surface area (Å²) in [5, 5.41) is 0. The van der Waals surface area contributed by atoms with E-state index in [1.165, 1.54) is 0 Å². The number of thioether (sulfide) groups is 1. The van der Waals surface area contributed by atoms with Crippen molar-refractivity contribution in [2.24, 2.45) is 0 Å². The molecule has 0 saturated heterocycles. The molecule has 1 rings (SSSR count). The van der Waals surface area contributed by atoms with E-state index in [1.54, 1.807) is 11.8 Å². The van der Waals surface area contributed by atoms with E-state index in [9.17, 15) is 4.79 Å². The summed E-state index contributed by atoms with van der Waals surface area (Å²) in [5.74, 6) is 0.478. The Hall–Kier alpha value is 0.01000. The van der Waals surface area contributed by atoms with E-state index < -0.39 is 0 Å². The smallest absolute Gasteiger partial charge is 0.164 e. The van der Waals surface area contributed by atoms with Crippen LogP contribution in [-0.4, -0.2) is 17.9 Å². The van der Waals surface area contributed by atoms with Crippen LogP contribution in [-0.2, 0) is 0 Å². The maximum atomic E-state index is 11.5. The fourth-order valence-corrected chi connectivity index (χ4v) is 2.48. The van der Waals surface area contributed by atoms with Gasteiger partial charge in [-0.25, -0.2) is 0 Å². The number of alkyl halides is 1. The first-order valence-electron chi connectivity index (χ1n) is 4.11. The van der Waals surface area contributed by atoms with Crippen molar-refractivity contribution in [1.82, 2.24) is 0 Å². The van der Waals surface area contributed by atoms with E-state index in [2.05, 4.69) is 15.9 Å². The van der Waals surface area contributed by atoms with Crippen LogP contribution in [0.4, 0.5) is 0 Å². The van der Waals surface area contributed by atoms with Crippen molar-refractivity contribution in [1.29, 1.82) is 0 Å². The molecule has 0 spiro atoms. The van der Waals surface area contributed by atoms with Gasteiger partial charge in [0, 0.05) is 27.2 Å². The van der Waals surface area contributed by atoms with Crippen LogP contribution in [0.25, 0.3) is 0 Å². The van der Waals surface area contributed by atoms with Crippen LogP contribution in [0.3, 0.4) is 0 Å². The molecule has 0 aliphatic carbocycles. The van der Waals surface area contributed by atoms with E-state index in [-0.39, 0.29) is 5.78 Å². The van der Waals surface area contributed by atoms with Crippen molar-refractivity contribution in [2.75, 3.05) is 12.1 Å². The molecular weight excluding hydrogens is 284 g/mol. The zero-order chi connectivity index (χ0) is 10.6. The summed E-state index contributed by atoms with van der Waals surface area (Å²) in [5.41, 5.74) is 0.734. The molecule has 0 N–H and O–H groups in total. The third kappa shape index (κ3) is 3.01. The zero-order valence-electron chi connectivity index (χ0n) is 7.72. The van der Waals surface area contributed by atoms with Crippen LogP contribution >= 0.6 is 39.3 Å². The van der Waals surface area contributed by atoms with Gasteiger partial charge in [0.2, 0.25) is 0 Å². The van der Waals surface area contributed by atoms with Crippen LogP contribution in [0.15, 0.2) is 27.6 Å². The lowest BCUT2D eigenvalue weighted by Gasteiger charge is -2.03. The van der Waals surface area contributed by atoms with Crippen molar-refractivity contribution < 1.29 is 4.79 Å². The number of Topliss-reactive ketones (excluding diaryl/α,β-unsaturated/α-hetero) is 1. The Morgan fingerprint density at radius 1 is 1.57 bits per heavy atom. The standard InChI is InChI=1S/C10H10BrClOS/c1-14-10-6-7(2-3-8(10)11)9(13)4-5-12/h2-3,6H,4-5H2,1H3. The van der Waals surface area contributed by atoms with Gasteiger partial charge in [0.25, 0.3) is 0 Å². The molecule has 1 aromatic rings. The summed E-state index contributed by atoms with van der Waals surface area (Å²) >= 11 is 10.5. The van der Waals surface area contributed by atoms with Crippen molar-refractivity contribution in [3.8, 4) is 0 Å². The Morgan fingerprint density at radius 2 is 2.29 bits per heavy atom. The highest BCUT2D eigenvalue weighted by Crippen LogP contribution is 2.26. The number of ketones is 1. The predicted molar refractivity (Wildman–Crippen MR) is 65.6 cm³/mol. The molecule has 0 aromatic heterocycles. The molecule has 0 radical (unpaired) electrons. The van der Waals surface area contributed by atoms with Crippen LogP contribution < -0.4 is 0 Å². The summed E-state index contributed by atoms with van der Waals surface area (Å²) in [6.45, 7) is 0. The fraction of sp³-hybridized carbons (Fsp3) is 0.300. The zero-order valence-corrected chi connectivity index (χ0v) is 10.9. The van der Waals surface area contributed by atoms with E-state index in [4.69, 9.17) is 11.6 Å². The van der Waals surface area contributed by atoms with Gasteiger partial charge in [0.15, 0.2) is 5.78 Å². The molecule has 0 amide bonds. The highest BCUT2D eigenvalue weighted by molar-refractivity contribution is 9.10. The van der Waals surface area contributed by atoms with Crippen molar-refractivity contribution in [2.45, 2.75) is 11.3 Å². The van der Waals surface area contributed by atoms with Gasteiger partial charge < -0.3 is 0 Å². The highest BCUT2D eigenvalue weighted by atomic mass is 79.9. The molecule has 76 valence electrons. The first-order valence-corrected chi connectivity index (χ1v) is 6.67. The second-order valence-electron chi connectivity index (χ2n) is 2.71. The van der Waals surface area contributed by atoms with Gasteiger partial charge in [0.05, 0.1) is 0 Å². The number of rotatable bonds is 4. The maximum absolute atomic E-state index is 11.5. The summed E-state index contributed by atoms with van der Waals surface area (Å²) in [6.07, 6.45) is 2.38. The van der Waals surface area contributed by atoms with Crippen LogP contribution in [0.5, 0.6) is 0 Å². The van der Waals surface area contributed by atoms with Gasteiger partial charge >= 0.3 is 0 Å². The topological polar surface area (TPSA) is 17.1 Å². The molecule has 0 saturated carbocycles. The predicted octanol–water partition coefficient (Wildman–Crippen LogP) is 3.98. The average molecular weight is 294 g/mol. The number of carbonyl (C=O) groups excluding carboxylic acids is 1. The van der Waals surface area contributed by atoms with Crippen LogP contribution in [0, 0.1) is 0 Å². The van der Waals surface area contributed by atoms with E-state index in [0.717, 1.165) is 14.9 Å². The van der Waals surface area contributed by atoms with Gasteiger partial charge in [0.1, 0.15) is 0 Å². The van der Waals surface area contributed by atoms with Gasteiger partial charge in [-0.05, 0) is 34.3 Å². The SMILES string of the molecule is CSc1cc(C(=O)CCCl)ccc1Br. The fourth-order valence-electron chi connectivity index (χ4n) is 1.06. The summed E-state index contributed by atoms with van der Waals surface area (Å²) in [6, 6.07) is 5.61. The molecule has 0 heterocycles. The van der Waals surface area contributed by atoms with Gasteiger partial charge in [-0.2, -0.15) is 0 Å². The normalized spacial score (nSPS) is 10.2. The minimum absolute atomic E-state index is 0.0998. The average Bonchev–Trinajstić information content (AvgIpc) is 2.19.